The number of aliphatic hydroxyl groups excluding tert-OH is 4. The van der Waals surface area contributed by atoms with E-state index < -0.39 is 30.4 Å². The van der Waals surface area contributed by atoms with E-state index in [2.05, 4.69) is 5.32 Å². The number of rotatable bonds is 9. The number of hydrogen-bond donors (Lipinski definition) is 5. The quantitative estimate of drug-likeness (QED) is 0.429. The average Bonchev–Trinajstić information content (AvgIpc) is 2.87. The molecule has 1 aromatic rings. The van der Waals surface area contributed by atoms with E-state index in [4.69, 9.17) is 16.7 Å². The van der Waals surface area contributed by atoms with E-state index in [1.54, 1.807) is 0 Å². The van der Waals surface area contributed by atoms with Crippen LogP contribution in [-0.2, 0) is 6.42 Å². The van der Waals surface area contributed by atoms with Gasteiger partial charge in [0.25, 0.3) is 0 Å². The molecule has 1 fully saturated rings. The summed E-state index contributed by atoms with van der Waals surface area (Å²) in [5.41, 5.74) is 1.28. The lowest BCUT2D eigenvalue weighted by Gasteiger charge is -2.22. The minimum Gasteiger partial charge on any atom is -0.395 e. The fourth-order valence-corrected chi connectivity index (χ4v) is 3.39. The molecule has 6 heteroatoms. The monoisotopic (exact) mass is 357 g/mol. The van der Waals surface area contributed by atoms with Gasteiger partial charge in [0.2, 0.25) is 0 Å². The van der Waals surface area contributed by atoms with Gasteiger partial charge in [0.05, 0.1) is 37.0 Å². The first-order valence-corrected chi connectivity index (χ1v) is 9.06. The van der Waals surface area contributed by atoms with Gasteiger partial charge in [0.1, 0.15) is 0 Å². The lowest BCUT2D eigenvalue weighted by atomic mass is 9.98. The van der Waals surface area contributed by atoms with Gasteiger partial charge in [-0.1, -0.05) is 43.0 Å². The number of unbranched alkanes of at least 4 members (excludes halogenated alkanes) is 3. The van der Waals surface area contributed by atoms with Crippen LogP contribution in [0.4, 0.5) is 0 Å². The third kappa shape index (κ3) is 5.41. The summed E-state index contributed by atoms with van der Waals surface area (Å²) in [7, 11) is 0. The third-order valence-electron chi connectivity index (χ3n) is 4.78. The van der Waals surface area contributed by atoms with Crippen LogP contribution in [0.15, 0.2) is 24.3 Å². The SMILES string of the molecule is OC[C@@H]1N[C@@H]([C@H](O)CCCCCCc2ccc(Cl)cc2)[C@H](O)[C@H]1O. The molecule has 24 heavy (non-hydrogen) atoms. The van der Waals surface area contributed by atoms with Crippen LogP contribution >= 0.6 is 11.6 Å². The summed E-state index contributed by atoms with van der Waals surface area (Å²) in [6, 6.07) is 6.75. The summed E-state index contributed by atoms with van der Waals surface area (Å²) in [5.74, 6) is 0. The van der Waals surface area contributed by atoms with Crippen LogP contribution in [0, 0.1) is 0 Å². The first-order chi connectivity index (χ1) is 11.5. The molecule has 1 heterocycles. The minimum atomic E-state index is -1.04. The maximum atomic E-state index is 10.2. The maximum Gasteiger partial charge on any atom is 0.0993 e. The van der Waals surface area contributed by atoms with Crippen molar-refractivity contribution in [2.24, 2.45) is 0 Å². The highest BCUT2D eigenvalue weighted by Gasteiger charge is 2.43. The largest absolute Gasteiger partial charge is 0.395 e. The normalized spacial score (nSPS) is 28.2. The van der Waals surface area contributed by atoms with Crippen molar-refractivity contribution in [1.82, 2.24) is 5.32 Å². The molecule has 1 aromatic carbocycles. The van der Waals surface area contributed by atoms with Crippen LogP contribution in [-0.4, -0.2) is 57.4 Å². The molecule has 0 spiro atoms. The van der Waals surface area contributed by atoms with Gasteiger partial charge < -0.3 is 25.7 Å². The number of aryl methyl sites for hydroxylation is 1. The van der Waals surface area contributed by atoms with E-state index in [-0.39, 0.29) is 6.61 Å². The summed E-state index contributed by atoms with van der Waals surface area (Å²) in [6.07, 6.45) is 2.85. The number of nitrogens with one attached hydrogen (secondary N) is 1. The van der Waals surface area contributed by atoms with Gasteiger partial charge in [-0.25, -0.2) is 0 Å². The molecule has 5 nitrogen and oxygen atoms in total. The molecule has 1 aliphatic heterocycles. The molecule has 1 aliphatic rings. The van der Waals surface area contributed by atoms with Gasteiger partial charge in [-0.05, 0) is 37.0 Å². The summed E-state index contributed by atoms with van der Waals surface area (Å²) in [4.78, 5) is 0. The third-order valence-corrected chi connectivity index (χ3v) is 5.03. The highest BCUT2D eigenvalue weighted by molar-refractivity contribution is 6.30. The standard InChI is InChI=1S/C18H28ClNO4/c19-13-9-7-12(8-10-13)5-3-1-2-4-6-15(22)16-18(24)17(23)14(11-21)20-16/h7-10,14-18,20-24H,1-6,11H2/t14-,15+,16-,17-,18-/m0/s1. The average molecular weight is 358 g/mol. The van der Waals surface area contributed by atoms with E-state index in [1.807, 2.05) is 24.3 Å². The van der Waals surface area contributed by atoms with Crippen LogP contribution in [0.25, 0.3) is 0 Å². The van der Waals surface area contributed by atoms with Crippen molar-refractivity contribution in [3.63, 3.8) is 0 Å². The molecule has 2 rings (SSSR count). The predicted octanol–water partition coefficient (Wildman–Crippen LogP) is 1.25. The van der Waals surface area contributed by atoms with Gasteiger partial charge in [-0.2, -0.15) is 0 Å². The van der Waals surface area contributed by atoms with Crippen LogP contribution in [0.1, 0.15) is 37.7 Å². The molecule has 136 valence electrons. The number of hydrogen-bond acceptors (Lipinski definition) is 5. The van der Waals surface area contributed by atoms with E-state index in [1.165, 1.54) is 5.56 Å². The van der Waals surface area contributed by atoms with Crippen LogP contribution in [0.5, 0.6) is 0 Å². The van der Waals surface area contributed by atoms with Crippen molar-refractivity contribution < 1.29 is 20.4 Å². The highest BCUT2D eigenvalue weighted by atomic mass is 35.5. The Morgan fingerprint density at radius 1 is 1.00 bits per heavy atom. The van der Waals surface area contributed by atoms with E-state index >= 15 is 0 Å². The molecule has 5 atom stereocenters. The van der Waals surface area contributed by atoms with Gasteiger partial charge in [0, 0.05) is 5.02 Å². The van der Waals surface area contributed by atoms with Crippen molar-refractivity contribution in [3.05, 3.63) is 34.9 Å². The summed E-state index contributed by atoms with van der Waals surface area (Å²) < 4.78 is 0. The van der Waals surface area contributed by atoms with Crippen LogP contribution in [0.2, 0.25) is 5.02 Å². The zero-order valence-corrected chi connectivity index (χ0v) is 14.6. The Morgan fingerprint density at radius 2 is 1.67 bits per heavy atom. The van der Waals surface area contributed by atoms with E-state index in [0.29, 0.717) is 6.42 Å². The Labute approximate surface area is 148 Å². The summed E-state index contributed by atoms with van der Waals surface area (Å²) in [6.45, 7) is -0.258. The summed E-state index contributed by atoms with van der Waals surface area (Å²) >= 11 is 5.86. The summed E-state index contributed by atoms with van der Waals surface area (Å²) in [5, 5.41) is 42.6. The van der Waals surface area contributed by atoms with Crippen molar-refractivity contribution >= 4 is 11.6 Å². The fourth-order valence-electron chi connectivity index (χ4n) is 3.26. The molecular weight excluding hydrogens is 330 g/mol. The van der Waals surface area contributed by atoms with Gasteiger partial charge in [0.15, 0.2) is 0 Å². The second kappa shape index (κ2) is 9.70. The Hall–Kier alpha value is -0.690. The smallest absolute Gasteiger partial charge is 0.0993 e. The Kier molecular flexibility index (Phi) is 7.94. The van der Waals surface area contributed by atoms with Crippen LogP contribution in [0.3, 0.4) is 0 Å². The van der Waals surface area contributed by atoms with Crippen molar-refractivity contribution in [1.29, 1.82) is 0 Å². The molecule has 1 saturated heterocycles. The zero-order chi connectivity index (χ0) is 17.5. The molecule has 0 aromatic heterocycles. The van der Waals surface area contributed by atoms with Gasteiger partial charge in [-0.3, -0.25) is 0 Å². The number of benzene rings is 1. The second-order valence-electron chi connectivity index (χ2n) is 6.61. The predicted molar refractivity (Wildman–Crippen MR) is 94.1 cm³/mol. The Bertz CT molecular complexity index is 484. The number of halogens is 1. The lowest BCUT2D eigenvalue weighted by molar-refractivity contribution is -0.00443. The molecule has 0 aliphatic carbocycles. The molecule has 0 saturated carbocycles. The topological polar surface area (TPSA) is 93.0 Å². The van der Waals surface area contributed by atoms with Crippen molar-refractivity contribution in [3.8, 4) is 0 Å². The Balaban J connectivity index is 1.59. The Morgan fingerprint density at radius 3 is 2.29 bits per heavy atom. The lowest BCUT2D eigenvalue weighted by Crippen LogP contribution is -2.44. The van der Waals surface area contributed by atoms with Gasteiger partial charge >= 0.3 is 0 Å². The molecule has 0 unspecified atom stereocenters. The van der Waals surface area contributed by atoms with E-state index in [0.717, 1.165) is 37.1 Å². The molecule has 5 N–H and O–H groups in total. The van der Waals surface area contributed by atoms with Crippen molar-refractivity contribution in [2.75, 3.05) is 6.61 Å². The van der Waals surface area contributed by atoms with Gasteiger partial charge in [-0.15, -0.1) is 0 Å². The minimum absolute atomic E-state index is 0.258. The molecule has 0 amide bonds. The first kappa shape index (κ1) is 19.6. The van der Waals surface area contributed by atoms with Crippen LogP contribution < -0.4 is 5.32 Å². The van der Waals surface area contributed by atoms with Crippen molar-refractivity contribution in [2.45, 2.75) is 68.9 Å². The zero-order valence-electron chi connectivity index (χ0n) is 13.8. The molecular formula is C18H28ClNO4. The maximum absolute atomic E-state index is 10.2. The molecule has 0 radical (unpaired) electrons. The highest BCUT2D eigenvalue weighted by Crippen LogP contribution is 2.20. The fraction of sp³-hybridized carbons (Fsp3) is 0.667. The first-order valence-electron chi connectivity index (χ1n) is 8.68. The second-order valence-corrected chi connectivity index (χ2v) is 7.05. The number of aliphatic hydroxyl groups is 4. The molecule has 0 bridgehead atoms. The van der Waals surface area contributed by atoms with E-state index in [9.17, 15) is 15.3 Å².